The van der Waals surface area contributed by atoms with Crippen molar-refractivity contribution in [2.45, 2.75) is 45.3 Å². The maximum absolute atomic E-state index is 13.5. The Balaban J connectivity index is 1.43. The molecule has 0 spiro atoms. The molecule has 1 aromatic carbocycles. The average molecular weight is 566 g/mol. The van der Waals surface area contributed by atoms with E-state index in [2.05, 4.69) is 39.6 Å². The SMILES string of the molecule is CC(C)N1CCC(NC(=O)c2nn(Cc3cc(-c4ccc(Cl)s4)on3)c3ccc(C(=O)NCC#N)cc23)CC1. The van der Waals surface area contributed by atoms with Crippen molar-refractivity contribution in [1.82, 2.24) is 30.5 Å². The second-order valence-electron chi connectivity index (χ2n) is 9.74. The first-order valence-corrected chi connectivity index (χ1v) is 13.9. The van der Waals surface area contributed by atoms with Gasteiger partial charge in [0.1, 0.15) is 12.2 Å². The fourth-order valence-corrected chi connectivity index (χ4v) is 5.74. The zero-order chi connectivity index (χ0) is 27.5. The summed E-state index contributed by atoms with van der Waals surface area (Å²) in [5.41, 5.74) is 1.88. The predicted octanol–water partition coefficient (Wildman–Crippen LogP) is 4.31. The fraction of sp³-hybridized carbons (Fsp3) is 0.370. The summed E-state index contributed by atoms with van der Waals surface area (Å²) >= 11 is 7.45. The third-order valence-electron chi connectivity index (χ3n) is 6.84. The number of hydrogen-bond donors (Lipinski definition) is 2. The molecule has 2 N–H and O–H groups in total. The smallest absolute Gasteiger partial charge is 0.272 e. The van der Waals surface area contributed by atoms with Crippen LogP contribution in [-0.2, 0) is 6.54 Å². The Bertz CT molecular complexity index is 1540. The van der Waals surface area contributed by atoms with E-state index < -0.39 is 5.91 Å². The van der Waals surface area contributed by atoms with Gasteiger partial charge in [-0.25, -0.2) is 0 Å². The third kappa shape index (κ3) is 5.98. The van der Waals surface area contributed by atoms with E-state index in [4.69, 9.17) is 21.4 Å². The van der Waals surface area contributed by atoms with Gasteiger partial charge in [0, 0.05) is 42.2 Å². The summed E-state index contributed by atoms with van der Waals surface area (Å²) in [6, 6.07) is 13.0. The molecule has 1 fully saturated rings. The van der Waals surface area contributed by atoms with Gasteiger partial charge in [-0.3, -0.25) is 14.3 Å². The molecule has 5 rings (SSSR count). The lowest BCUT2D eigenvalue weighted by Gasteiger charge is -2.34. The molecule has 10 nitrogen and oxygen atoms in total. The van der Waals surface area contributed by atoms with Gasteiger partial charge < -0.3 is 20.1 Å². The van der Waals surface area contributed by atoms with E-state index in [0.29, 0.717) is 38.3 Å². The van der Waals surface area contributed by atoms with Gasteiger partial charge >= 0.3 is 0 Å². The van der Waals surface area contributed by atoms with E-state index in [9.17, 15) is 9.59 Å². The number of carbonyl (C=O) groups excluding carboxylic acids is 2. The van der Waals surface area contributed by atoms with Crippen LogP contribution in [0, 0.1) is 11.3 Å². The zero-order valence-electron chi connectivity index (χ0n) is 21.6. The molecule has 12 heteroatoms. The highest BCUT2D eigenvalue weighted by atomic mass is 35.5. The van der Waals surface area contributed by atoms with E-state index in [-0.39, 0.29) is 30.7 Å². The van der Waals surface area contributed by atoms with Crippen LogP contribution in [0.4, 0.5) is 0 Å². The molecule has 3 aromatic heterocycles. The predicted molar refractivity (Wildman–Crippen MR) is 149 cm³/mol. The van der Waals surface area contributed by atoms with Gasteiger partial charge in [-0.05, 0) is 57.0 Å². The highest BCUT2D eigenvalue weighted by molar-refractivity contribution is 7.19. The molecule has 2 amide bonds. The molecule has 0 atom stereocenters. The lowest BCUT2D eigenvalue weighted by Crippen LogP contribution is -2.46. The molecule has 0 unspecified atom stereocenters. The molecule has 0 radical (unpaired) electrons. The summed E-state index contributed by atoms with van der Waals surface area (Å²) in [5, 5.41) is 23.9. The van der Waals surface area contributed by atoms with Crippen LogP contribution >= 0.6 is 22.9 Å². The molecule has 1 saturated heterocycles. The summed E-state index contributed by atoms with van der Waals surface area (Å²) in [4.78, 5) is 29.3. The van der Waals surface area contributed by atoms with Crippen molar-refractivity contribution >= 4 is 45.7 Å². The molecule has 1 aliphatic heterocycles. The van der Waals surface area contributed by atoms with E-state index in [0.717, 1.165) is 30.8 Å². The van der Waals surface area contributed by atoms with Gasteiger partial charge in [-0.15, -0.1) is 11.3 Å². The van der Waals surface area contributed by atoms with Crippen molar-refractivity contribution < 1.29 is 14.1 Å². The molecule has 1 aliphatic rings. The Kier molecular flexibility index (Phi) is 7.97. The number of nitrogens with one attached hydrogen (secondary N) is 2. The van der Waals surface area contributed by atoms with E-state index in [1.807, 2.05) is 18.2 Å². The first-order valence-electron chi connectivity index (χ1n) is 12.7. The van der Waals surface area contributed by atoms with Crippen molar-refractivity contribution in [1.29, 1.82) is 5.26 Å². The summed E-state index contributed by atoms with van der Waals surface area (Å²) in [7, 11) is 0. The van der Waals surface area contributed by atoms with Crippen LogP contribution in [0.1, 0.15) is 53.2 Å². The molecule has 0 aliphatic carbocycles. The average Bonchev–Trinajstić information content (AvgIpc) is 3.66. The molecule has 0 bridgehead atoms. The number of halogens is 1. The number of thiophene rings is 1. The van der Waals surface area contributed by atoms with Crippen molar-refractivity contribution in [3.63, 3.8) is 0 Å². The number of piperidine rings is 1. The van der Waals surface area contributed by atoms with Gasteiger partial charge in [0.25, 0.3) is 11.8 Å². The number of hydrogen-bond acceptors (Lipinski definition) is 8. The maximum Gasteiger partial charge on any atom is 0.272 e. The maximum atomic E-state index is 13.5. The summed E-state index contributed by atoms with van der Waals surface area (Å²) in [6.45, 7) is 6.35. The number of rotatable bonds is 8. The third-order valence-corrected chi connectivity index (χ3v) is 8.08. The minimum Gasteiger partial charge on any atom is -0.355 e. The quantitative estimate of drug-likeness (QED) is 0.304. The van der Waals surface area contributed by atoms with Gasteiger partial charge in [-0.1, -0.05) is 16.8 Å². The number of nitriles is 1. The van der Waals surface area contributed by atoms with Crippen LogP contribution in [0.5, 0.6) is 0 Å². The van der Waals surface area contributed by atoms with Crippen LogP contribution in [0.3, 0.4) is 0 Å². The summed E-state index contributed by atoms with van der Waals surface area (Å²) < 4.78 is 7.85. The number of fused-ring (bicyclic) bond motifs is 1. The van der Waals surface area contributed by atoms with Crippen LogP contribution in [0.2, 0.25) is 4.34 Å². The van der Waals surface area contributed by atoms with E-state index >= 15 is 0 Å². The minimum absolute atomic E-state index is 0.0468. The first kappa shape index (κ1) is 26.9. The number of amides is 2. The van der Waals surface area contributed by atoms with Crippen molar-refractivity contribution in [3.8, 4) is 16.7 Å². The Morgan fingerprint density at radius 1 is 1.21 bits per heavy atom. The number of nitrogens with zero attached hydrogens (tertiary/aromatic N) is 5. The minimum atomic E-state index is -0.394. The van der Waals surface area contributed by atoms with Crippen LogP contribution in [0.15, 0.2) is 40.9 Å². The Hall–Kier alpha value is -3.72. The summed E-state index contributed by atoms with van der Waals surface area (Å²) in [6.07, 6.45) is 1.72. The van der Waals surface area contributed by atoms with Crippen LogP contribution in [-0.4, -0.2) is 63.4 Å². The monoisotopic (exact) mass is 565 g/mol. The van der Waals surface area contributed by atoms with Crippen molar-refractivity contribution in [3.05, 3.63) is 57.7 Å². The van der Waals surface area contributed by atoms with Gasteiger partial charge in [-0.2, -0.15) is 10.4 Å². The standard InChI is InChI=1S/C27H28ClN7O3S/c1-16(2)34-11-7-18(8-12-34)31-27(37)25-20-13-17(26(36)30-10-9-29)3-4-21(20)35(32-25)15-19-14-22(38-33-19)23-5-6-24(28)39-23/h3-6,13-14,16,18H,7-8,10-12,15H2,1-2H3,(H,30,36)(H,31,37). The first-order chi connectivity index (χ1) is 18.8. The number of aromatic nitrogens is 3. The Morgan fingerprint density at radius 3 is 2.69 bits per heavy atom. The number of likely N-dealkylation sites (tertiary alicyclic amines) is 1. The zero-order valence-corrected chi connectivity index (χ0v) is 23.2. The van der Waals surface area contributed by atoms with E-state index in [1.165, 1.54) is 11.3 Å². The fourth-order valence-electron chi connectivity index (χ4n) is 4.75. The lowest BCUT2D eigenvalue weighted by molar-refractivity contribution is 0.0895. The van der Waals surface area contributed by atoms with Crippen LogP contribution in [0.25, 0.3) is 21.5 Å². The second kappa shape index (κ2) is 11.6. The molecule has 202 valence electrons. The topological polar surface area (TPSA) is 129 Å². The normalized spacial score (nSPS) is 14.5. The van der Waals surface area contributed by atoms with Gasteiger partial charge in [0.2, 0.25) is 0 Å². The van der Waals surface area contributed by atoms with E-state index in [1.54, 1.807) is 28.9 Å². The molecule has 0 saturated carbocycles. The van der Waals surface area contributed by atoms with Crippen molar-refractivity contribution in [2.24, 2.45) is 0 Å². The molecule has 4 heterocycles. The lowest BCUT2D eigenvalue weighted by atomic mass is 10.0. The highest BCUT2D eigenvalue weighted by Gasteiger charge is 2.25. The molecular weight excluding hydrogens is 538 g/mol. The number of benzene rings is 1. The number of carbonyl (C=O) groups is 2. The highest BCUT2D eigenvalue weighted by Crippen LogP contribution is 2.31. The largest absolute Gasteiger partial charge is 0.355 e. The van der Waals surface area contributed by atoms with Gasteiger partial charge in [0.15, 0.2) is 11.5 Å². The second-order valence-corrected chi connectivity index (χ2v) is 11.5. The molecular formula is C27H28ClN7O3S. The van der Waals surface area contributed by atoms with Crippen LogP contribution < -0.4 is 10.6 Å². The molecule has 4 aromatic rings. The van der Waals surface area contributed by atoms with Gasteiger partial charge in [0.05, 0.1) is 27.3 Å². The Labute approximate surface area is 234 Å². The molecule has 39 heavy (non-hydrogen) atoms. The van der Waals surface area contributed by atoms with Crippen molar-refractivity contribution in [2.75, 3.05) is 19.6 Å². The summed E-state index contributed by atoms with van der Waals surface area (Å²) in [5.74, 6) is -0.0831. The Morgan fingerprint density at radius 2 is 2.00 bits per heavy atom.